The van der Waals surface area contributed by atoms with Crippen LogP contribution in [0.1, 0.15) is 28.4 Å². The highest BCUT2D eigenvalue weighted by Crippen LogP contribution is 2.24. The summed E-state index contributed by atoms with van der Waals surface area (Å²) in [6, 6.07) is 13.7. The summed E-state index contributed by atoms with van der Waals surface area (Å²) < 4.78 is 0. The first-order valence-corrected chi connectivity index (χ1v) is 7.22. The highest BCUT2D eigenvalue weighted by molar-refractivity contribution is 6.09. The van der Waals surface area contributed by atoms with Gasteiger partial charge in [0.1, 0.15) is 0 Å². The number of para-hydroxylation sites is 1. The van der Waals surface area contributed by atoms with Gasteiger partial charge in [0.15, 0.2) is 0 Å². The lowest BCUT2D eigenvalue weighted by Crippen LogP contribution is -2.27. The number of hydrogen-bond donors (Lipinski definition) is 1. The van der Waals surface area contributed by atoms with E-state index in [4.69, 9.17) is 0 Å². The van der Waals surface area contributed by atoms with Crippen molar-refractivity contribution >= 4 is 17.3 Å². The van der Waals surface area contributed by atoms with Crippen molar-refractivity contribution in [2.45, 2.75) is 20.8 Å². The molecule has 0 saturated carbocycles. The molecule has 110 valence electrons. The molecule has 0 fully saturated rings. The third kappa shape index (κ3) is 3.24. The molecular formula is C18H22N2O. The van der Waals surface area contributed by atoms with Crippen molar-refractivity contribution < 1.29 is 4.79 Å². The zero-order valence-electron chi connectivity index (χ0n) is 13.1. The van der Waals surface area contributed by atoms with Crippen molar-refractivity contribution in [1.29, 1.82) is 0 Å². The first-order valence-electron chi connectivity index (χ1n) is 7.22. The van der Waals surface area contributed by atoms with Gasteiger partial charge in [-0.3, -0.25) is 4.79 Å². The maximum Gasteiger partial charge on any atom is 0.260 e. The van der Waals surface area contributed by atoms with Crippen LogP contribution in [0, 0.1) is 13.8 Å². The Morgan fingerprint density at radius 2 is 1.86 bits per heavy atom. The molecule has 0 unspecified atom stereocenters. The Kier molecular flexibility index (Phi) is 4.63. The molecule has 0 radical (unpaired) electrons. The molecule has 0 atom stereocenters. The van der Waals surface area contributed by atoms with Crippen LogP contribution in [-0.2, 0) is 0 Å². The average Bonchev–Trinajstić information content (AvgIpc) is 2.47. The van der Waals surface area contributed by atoms with E-state index >= 15 is 0 Å². The average molecular weight is 282 g/mol. The van der Waals surface area contributed by atoms with Crippen molar-refractivity contribution in [2.24, 2.45) is 0 Å². The largest absolute Gasteiger partial charge is 0.385 e. The highest BCUT2D eigenvalue weighted by Gasteiger charge is 2.17. The number of nitrogens with one attached hydrogen (secondary N) is 1. The monoisotopic (exact) mass is 282 g/mol. The van der Waals surface area contributed by atoms with E-state index in [2.05, 4.69) is 18.3 Å². The van der Waals surface area contributed by atoms with Gasteiger partial charge in [0, 0.05) is 25.0 Å². The van der Waals surface area contributed by atoms with Gasteiger partial charge in [0.25, 0.3) is 5.91 Å². The highest BCUT2D eigenvalue weighted by atomic mass is 16.2. The third-order valence-electron chi connectivity index (χ3n) is 3.54. The van der Waals surface area contributed by atoms with E-state index in [1.54, 1.807) is 4.90 Å². The van der Waals surface area contributed by atoms with Crippen molar-refractivity contribution in [3.05, 3.63) is 59.2 Å². The lowest BCUT2D eigenvalue weighted by Gasteiger charge is -2.21. The van der Waals surface area contributed by atoms with Crippen LogP contribution >= 0.6 is 0 Å². The van der Waals surface area contributed by atoms with Gasteiger partial charge >= 0.3 is 0 Å². The SMILES string of the molecule is CCNc1ccccc1C(=O)N(C)c1ccc(C)cc1C. The minimum Gasteiger partial charge on any atom is -0.385 e. The van der Waals surface area contributed by atoms with Crippen LogP contribution in [0.4, 0.5) is 11.4 Å². The zero-order chi connectivity index (χ0) is 15.4. The molecule has 1 amide bonds. The van der Waals surface area contributed by atoms with Crippen molar-refractivity contribution in [3.8, 4) is 0 Å². The zero-order valence-corrected chi connectivity index (χ0v) is 13.1. The first-order chi connectivity index (χ1) is 10.0. The molecule has 0 aliphatic carbocycles. The second-order valence-corrected chi connectivity index (χ2v) is 5.23. The number of benzene rings is 2. The molecular weight excluding hydrogens is 260 g/mol. The van der Waals surface area contributed by atoms with Gasteiger partial charge in [-0.2, -0.15) is 0 Å². The number of amides is 1. The second-order valence-electron chi connectivity index (χ2n) is 5.23. The Morgan fingerprint density at radius 1 is 1.14 bits per heavy atom. The van der Waals surface area contributed by atoms with Gasteiger partial charge in [0.2, 0.25) is 0 Å². The van der Waals surface area contributed by atoms with Gasteiger partial charge in [-0.05, 0) is 44.5 Å². The van der Waals surface area contributed by atoms with Crippen LogP contribution in [0.3, 0.4) is 0 Å². The van der Waals surface area contributed by atoms with E-state index < -0.39 is 0 Å². The van der Waals surface area contributed by atoms with E-state index in [1.807, 2.05) is 57.3 Å². The number of rotatable bonds is 4. The fraction of sp³-hybridized carbons (Fsp3) is 0.278. The predicted molar refractivity (Wildman–Crippen MR) is 89.3 cm³/mol. The molecule has 0 aliphatic heterocycles. The number of carbonyl (C=O) groups is 1. The van der Waals surface area contributed by atoms with E-state index in [0.29, 0.717) is 5.56 Å². The van der Waals surface area contributed by atoms with E-state index in [0.717, 1.165) is 23.5 Å². The molecule has 1 N–H and O–H groups in total. The minimum absolute atomic E-state index is 0.00139. The van der Waals surface area contributed by atoms with E-state index in [-0.39, 0.29) is 5.91 Å². The van der Waals surface area contributed by atoms with Gasteiger partial charge < -0.3 is 10.2 Å². The lowest BCUT2D eigenvalue weighted by atomic mass is 10.1. The summed E-state index contributed by atoms with van der Waals surface area (Å²) in [5.41, 5.74) is 4.82. The number of anilines is 2. The molecule has 2 aromatic rings. The van der Waals surface area contributed by atoms with E-state index in [1.165, 1.54) is 5.56 Å². The Balaban J connectivity index is 2.35. The maximum absolute atomic E-state index is 12.8. The first kappa shape index (κ1) is 15.1. The smallest absolute Gasteiger partial charge is 0.260 e. The number of hydrogen-bond acceptors (Lipinski definition) is 2. The molecule has 0 heterocycles. The summed E-state index contributed by atoms with van der Waals surface area (Å²) in [5.74, 6) is -0.00139. The molecule has 0 bridgehead atoms. The van der Waals surface area contributed by atoms with Gasteiger partial charge in [0.05, 0.1) is 5.56 Å². The number of nitrogens with zero attached hydrogens (tertiary/aromatic N) is 1. The maximum atomic E-state index is 12.8. The molecule has 0 spiro atoms. The lowest BCUT2D eigenvalue weighted by molar-refractivity contribution is 0.0993. The number of carbonyl (C=O) groups excluding carboxylic acids is 1. The fourth-order valence-corrected chi connectivity index (χ4v) is 2.49. The summed E-state index contributed by atoms with van der Waals surface area (Å²) in [6.45, 7) is 6.90. The van der Waals surface area contributed by atoms with Gasteiger partial charge in [-0.25, -0.2) is 0 Å². The Hall–Kier alpha value is -2.29. The van der Waals surface area contributed by atoms with Crippen LogP contribution in [0.5, 0.6) is 0 Å². The molecule has 0 aliphatic rings. The predicted octanol–water partition coefficient (Wildman–Crippen LogP) is 4.01. The molecule has 3 nitrogen and oxygen atoms in total. The Morgan fingerprint density at radius 3 is 2.52 bits per heavy atom. The molecule has 2 rings (SSSR count). The van der Waals surface area contributed by atoms with Crippen molar-refractivity contribution in [3.63, 3.8) is 0 Å². The molecule has 2 aromatic carbocycles. The standard InChI is InChI=1S/C18H22N2O/c1-5-19-16-9-7-6-8-15(16)18(21)20(4)17-11-10-13(2)12-14(17)3/h6-12,19H,5H2,1-4H3. The summed E-state index contributed by atoms with van der Waals surface area (Å²) in [6.07, 6.45) is 0. The molecule has 21 heavy (non-hydrogen) atoms. The number of aryl methyl sites for hydroxylation is 2. The third-order valence-corrected chi connectivity index (χ3v) is 3.54. The summed E-state index contributed by atoms with van der Waals surface area (Å²) in [7, 11) is 1.82. The van der Waals surface area contributed by atoms with Crippen LogP contribution in [0.15, 0.2) is 42.5 Å². The Labute approximate surface area is 126 Å². The fourth-order valence-electron chi connectivity index (χ4n) is 2.49. The molecule has 0 aromatic heterocycles. The topological polar surface area (TPSA) is 32.3 Å². The Bertz CT molecular complexity index is 649. The van der Waals surface area contributed by atoms with Crippen molar-refractivity contribution in [2.75, 3.05) is 23.8 Å². The summed E-state index contributed by atoms with van der Waals surface area (Å²) >= 11 is 0. The molecule has 0 saturated heterocycles. The van der Waals surface area contributed by atoms with E-state index in [9.17, 15) is 4.79 Å². The van der Waals surface area contributed by atoms with Gasteiger partial charge in [-0.1, -0.05) is 29.8 Å². The summed E-state index contributed by atoms with van der Waals surface area (Å²) in [4.78, 5) is 14.5. The van der Waals surface area contributed by atoms with Gasteiger partial charge in [-0.15, -0.1) is 0 Å². The van der Waals surface area contributed by atoms with Crippen molar-refractivity contribution in [1.82, 2.24) is 0 Å². The summed E-state index contributed by atoms with van der Waals surface area (Å²) in [5, 5.41) is 3.24. The van der Waals surface area contributed by atoms with Crippen LogP contribution < -0.4 is 10.2 Å². The quantitative estimate of drug-likeness (QED) is 0.919. The van der Waals surface area contributed by atoms with Crippen LogP contribution in [0.25, 0.3) is 0 Å². The van der Waals surface area contributed by atoms with Crippen LogP contribution in [0.2, 0.25) is 0 Å². The normalized spacial score (nSPS) is 10.3. The van der Waals surface area contributed by atoms with Crippen LogP contribution in [-0.4, -0.2) is 19.5 Å². The molecule has 3 heteroatoms. The second kappa shape index (κ2) is 6.44. The minimum atomic E-state index is -0.00139.